The van der Waals surface area contributed by atoms with Crippen molar-refractivity contribution < 1.29 is 19.1 Å². The summed E-state index contributed by atoms with van der Waals surface area (Å²) in [6, 6.07) is 9.71. The monoisotopic (exact) mass is 298 g/mol. The normalized spacial score (nSPS) is 46.9. The van der Waals surface area contributed by atoms with Crippen molar-refractivity contribution in [1.29, 1.82) is 0 Å². The molecule has 22 heavy (non-hydrogen) atoms. The van der Waals surface area contributed by atoms with E-state index in [2.05, 4.69) is 0 Å². The molecule has 0 aromatic heterocycles. The minimum Gasteiger partial charge on any atom is -0.466 e. The van der Waals surface area contributed by atoms with Gasteiger partial charge in [-0.25, -0.2) is 4.79 Å². The molecule has 0 amide bonds. The average Bonchev–Trinajstić information content (AvgIpc) is 3.12. The number of carbonyl (C=O) groups excluding carboxylic acids is 2. The van der Waals surface area contributed by atoms with Gasteiger partial charge in [0.2, 0.25) is 5.60 Å². The van der Waals surface area contributed by atoms with Crippen LogP contribution in [0.25, 0.3) is 0 Å². The predicted molar refractivity (Wildman–Crippen MR) is 76.8 cm³/mol. The van der Waals surface area contributed by atoms with Crippen molar-refractivity contribution >= 4 is 11.9 Å². The third-order valence-electron chi connectivity index (χ3n) is 6.77. The van der Waals surface area contributed by atoms with Gasteiger partial charge in [0.25, 0.3) is 0 Å². The Labute approximate surface area is 128 Å². The fraction of sp³-hybridized carbons (Fsp3) is 0.556. The van der Waals surface area contributed by atoms with Crippen LogP contribution in [0.5, 0.6) is 0 Å². The van der Waals surface area contributed by atoms with Crippen LogP contribution in [-0.4, -0.2) is 24.6 Å². The standard InChI is InChI=1S/C18H18O4/c1-21-16(20)18-14-11-8-7-10(9-11)13(14)17(18,15(19)22-18)12-5-3-2-4-6-12/h2-6,10-11,13-14H,7-9H2,1H3/t10-,11+,13+,14-,17+,18+/m0/s1. The van der Waals surface area contributed by atoms with Gasteiger partial charge >= 0.3 is 11.9 Å². The highest BCUT2D eigenvalue weighted by Crippen LogP contribution is 2.79. The fourth-order valence-electron chi connectivity index (χ4n) is 6.25. The van der Waals surface area contributed by atoms with Crippen LogP contribution in [0.2, 0.25) is 0 Å². The van der Waals surface area contributed by atoms with E-state index in [1.807, 2.05) is 30.3 Å². The molecule has 0 spiro atoms. The largest absolute Gasteiger partial charge is 0.466 e. The maximum Gasteiger partial charge on any atom is 0.352 e. The second-order valence-corrected chi connectivity index (χ2v) is 7.18. The maximum absolute atomic E-state index is 12.6. The molecule has 0 unspecified atom stereocenters. The minimum absolute atomic E-state index is 0.150. The SMILES string of the molecule is COC(=O)[C@@]12OC(=O)[C@@]1(c1ccccc1)[C@@H]1[C@H]3CC[C@H](C3)[C@@H]12. The molecule has 4 aliphatic rings. The lowest BCUT2D eigenvalue weighted by Gasteiger charge is -2.72. The van der Waals surface area contributed by atoms with Crippen LogP contribution in [0.4, 0.5) is 0 Å². The molecule has 1 aromatic rings. The molecule has 4 heteroatoms. The summed E-state index contributed by atoms with van der Waals surface area (Å²) < 4.78 is 10.7. The summed E-state index contributed by atoms with van der Waals surface area (Å²) in [5.74, 6) is 0.827. The topological polar surface area (TPSA) is 52.6 Å². The van der Waals surface area contributed by atoms with E-state index in [-0.39, 0.29) is 23.8 Å². The third-order valence-corrected chi connectivity index (χ3v) is 6.77. The first-order valence-corrected chi connectivity index (χ1v) is 8.05. The molecule has 1 aromatic carbocycles. The van der Waals surface area contributed by atoms with Gasteiger partial charge in [0.15, 0.2) is 0 Å². The zero-order valence-corrected chi connectivity index (χ0v) is 12.5. The lowest BCUT2D eigenvalue weighted by atomic mass is 9.36. The molecular weight excluding hydrogens is 280 g/mol. The second-order valence-electron chi connectivity index (χ2n) is 7.18. The number of fused-ring (bicyclic) bond motifs is 8. The summed E-state index contributed by atoms with van der Waals surface area (Å²) in [7, 11) is 1.39. The molecule has 0 N–H and O–H groups in total. The molecule has 6 atom stereocenters. The van der Waals surface area contributed by atoms with E-state index < -0.39 is 11.0 Å². The van der Waals surface area contributed by atoms with E-state index in [1.54, 1.807) is 0 Å². The lowest BCUT2D eigenvalue weighted by Crippen LogP contribution is -2.89. The summed E-state index contributed by atoms with van der Waals surface area (Å²) in [6.07, 6.45) is 3.44. The molecular formula is C18H18O4. The van der Waals surface area contributed by atoms with Crippen molar-refractivity contribution in [3.63, 3.8) is 0 Å². The van der Waals surface area contributed by atoms with E-state index in [0.29, 0.717) is 11.8 Å². The van der Waals surface area contributed by atoms with Crippen LogP contribution in [-0.2, 0) is 24.5 Å². The Morgan fingerprint density at radius 1 is 1.18 bits per heavy atom. The van der Waals surface area contributed by atoms with E-state index >= 15 is 0 Å². The Bertz CT molecular complexity index is 684. The van der Waals surface area contributed by atoms with Crippen LogP contribution < -0.4 is 0 Å². The number of hydrogen-bond donors (Lipinski definition) is 0. The molecule has 2 bridgehead atoms. The Morgan fingerprint density at radius 2 is 1.86 bits per heavy atom. The molecule has 1 aliphatic heterocycles. The Balaban J connectivity index is 1.73. The first kappa shape index (κ1) is 12.7. The van der Waals surface area contributed by atoms with Crippen molar-refractivity contribution in [2.75, 3.05) is 7.11 Å². The van der Waals surface area contributed by atoms with Crippen LogP contribution in [0.1, 0.15) is 24.8 Å². The Hall–Kier alpha value is -1.84. The van der Waals surface area contributed by atoms with Gasteiger partial charge in [0.1, 0.15) is 5.41 Å². The van der Waals surface area contributed by atoms with E-state index in [4.69, 9.17) is 9.47 Å². The Kier molecular flexibility index (Phi) is 2.15. The van der Waals surface area contributed by atoms with Gasteiger partial charge in [0.05, 0.1) is 7.11 Å². The molecule has 5 rings (SSSR count). The van der Waals surface area contributed by atoms with Crippen LogP contribution >= 0.6 is 0 Å². The van der Waals surface area contributed by atoms with Crippen LogP contribution in [0.3, 0.4) is 0 Å². The number of ether oxygens (including phenoxy) is 2. The van der Waals surface area contributed by atoms with Crippen LogP contribution in [0.15, 0.2) is 30.3 Å². The smallest absolute Gasteiger partial charge is 0.352 e. The van der Waals surface area contributed by atoms with Gasteiger partial charge in [-0.15, -0.1) is 0 Å². The van der Waals surface area contributed by atoms with Gasteiger partial charge in [0, 0.05) is 5.92 Å². The van der Waals surface area contributed by atoms with E-state index in [9.17, 15) is 9.59 Å². The zero-order chi connectivity index (χ0) is 15.1. The second kappa shape index (κ2) is 3.73. The number of methoxy groups -OCH3 is 1. The average molecular weight is 298 g/mol. The summed E-state index contributed by atoms with van der Waals surface area (Å²) in [5, 5.41) is 0. The highest BCUT2D eigenvalue weighted by molar-refractivity contribution is 6.06. The summed E-state index contributed by atoms with van der Waals surface area (Å²) >= 11 is 0. The Morgan fingerprint density at radius 3 is 2.50 bits per heavy atom. The molecule has 4 nitrogen and oxygen atoms in total. The van der Waals surface area contributed by atoms with Gasteiger partial charge in [-0.2, -0.15) is 0 Å². The first-order valence-electron chi connectivity index (χ1n) is 8.05. The number of carbonyl (C=O) groups is 2. The highest BCUT2D eigenvalue weighted by Gasteiger charge is 2.93. The van der Waals surface area contributed by atoms with Gasteiger partial charge in [-0.1, -0.05) is 30.3 Å². The predicted octanol–water partition coefficient (Wildman–Crippen LogP) is 2.07. The summed E-state index contributed by atoms with van der Waals surface area (Å²) in [4.78, 5) is 25.3. The molecule has 114 valence electrons. The third kappa shape index (κ3) is 0.999. The van der Waals surface area contributed by atoms with Crippen molar-refractivity contribution in [1.82, 2.24) is 0 Å². The molecule has 4 fully saturated rings. The van der Waals surface area contributed by atoms with E-state index in [0.717, 1.165) is 18.4 Å². The molecule has 3 saturated carbocycles. The minimum atomic E-state index is -1.06. The lowest BCUT2D eigenvalue weighted by molar-refractivity contribution is -0.311. The number of benzene rings is 1. The number of hydrogen-bond acceptors (Lipinski definition) is 4. The van der Waals surface area contributed by atoms with Crippen molar-refractivity contribution in [3.8, 4) is 0 Å². The van der Waals surface area contributed by atoms with Gasteiger partial charge in [-0.05, 0) is 42.6 Å². The summed E-state index contributed by atoms with van der Waals surface area (Å²) in [6.45, 7) is 0. The van der Waals surface area contributed by atoms with E-state index in [1.165, 1.54) is 13.5 Å². The zero-order valence-electron chi connectivity index (χ0n) is 12.5. The number of rotatable bonds is 2. The first-order chi connectivity index (χ1) is 10.7. The molecule has 1 saturated heterocycles. The highest BCUT2D eigenvalue weighted by atomic mass is 16.6. The number of esters is 2. The molecule has 1 heterocycles. The van der Waals surface area contributed by atoms with Crippen molar-refractivity contribution in [2.24, 2.45) is 23.7 Å². The molecule has 3 aliphatic carbocycles. The fourth-order valence-corrected chi connectivity index (χ4v) is 6.25. The van der Waals surface area contributed by atoms with Gasteiger partial charge < -0.3 is 9.47 Å². The van der Waals surface area contributed by atoms with Gasteiger partial charge in [-0.3, -0.25) is 4.79 Å². The van der Waals surface area contributed by atoms with Crippen molar-refractivity contribution in [2.45, 2.75) is 30.3 Å². The van der Waals surface area contributed by atoms with Crippen molar-refractivity contribution in [3.05, 3.63) is 35.9 Å². The quantitative estimate of drug-likeness (QED) is 0.784. The van der Waals surface area contributed by atoms with Crippen LogP contribution in [0, 0.1) is 23.7 Å². The maximum atomic E-state index is 12.6. The molecule has 0 radical (unpaired) electrons. The summed E-state index contributed by atoms with van der Waals surface area (Å²) in [5.41, 5.74) is -0.943.